The van der Waals surface area contributed by atoms with Crippen LogP contribution in [-0.4, -0.2) is 30.8 Å². The Morgan fingerprint density at radius 3 is 2.32 bits per heavy atom. The van der Waals surface area contributed by atoms with E-state index in [0.29, 0.717) is 47.4 Å². The summed E-state index contributed by atoms with van der Waals surface area (Å²) >= 11 is 23.4. The van der Waals surface area contributed by atoms with Gasteiger partial charge in [0.1, 0.15) is 28.7 Å². The topological polar surface area (TPSA) is 57.1 Å². The molecule has 0 aliphatic carbocycles. The second kappa shape index (κ2) is 12.4. The summed E-state index contributed by atoms with van der Waals surface area (Å²) in [5.41, 5.74) is -0.419. The number of Topliss-reactive ketones (excluding diaryl/α,β-unsaturated/α-hetero) is 1. The Morgan fingerprint density at radius 1 is 1.11 bits per heavy atom. The molecule has 0 amide bonds. The Balaban J connectivity index is 2.39. The molecule has 0 heterocycles. The number of oxime groups is 1. The lowest BCUT2D eigenvalue weighted by Crippen LogP contribution is -2.16. The minimum Gasteiger partial charge on any atom is -0.490 e. The van der Waals surface area contributed by atoms with E-state index in [9.17, 15) is 4.79 Å². The van der Waals surface area contributed by atoms with Gasteiger partial charge in [0.2, 0.25) is 0 Å². The van der Waals surface area contributed by atoms with Crippen molar-refractivity contribution >= 4 is 58.4 Å². The van der Waals surface area contributed by atoms with Gasteiger partial charge in [-0.25, -0.2) is 0 Å². The maximum Gasteiger partial charge on any atom is 0.177 e. The molecule has 0 N–H and O–H groups in total. The fourth-order valence-corrected chi connectivity index (χ4v) is 2.54. The molecule has 28 heavy (non-hydrogen) atoms. The number of ether oxygens (including phenoxy) is 2. The number of rotatable bonds is 11. The molecule has 0 fully saturated rings. The Morgan fingerprint density at radius 2 is 1.75 bits per heavy atom. The zero-order valence-corrected chi connectivity index (χ0v) is 19.0. The van der Waals surface area contributed by atoms with Crippen molar-refractivity contribution in [2.75, 3.05) is 13.2 Å². The average molecular weight is 471 g/mol. The van der Waals surface area contributed by atoms with Crippen LogP contribution in [-0.2, 0) is 9.63 Å². The van der Waals surface area contributed by atoms with Crippen molar-refractivity contribution in [2.45, 2.75) is 45.6 Å². The van der Waals surface area contributed by atoms with E-state index in [2.05, 4.69) is 5.16 Å². The fourth-order valence-electron chi connectivity index (χ4n) is 1.84. The van der Waals surface area contributed by atoms with Crippen LogP contribution in [0.15, 0.2) is 27.9 Å². The number of benzene rings is 1. The maximum absolute atomic E-state index is 11.7. The van der Waals surface area contributed by atoms with Gasteiger partial charge in [-0.2, -0.15) is 0 Å². The molecule has 1 aromatic rings. The van der Waals surface area contributed by atoms with Crippen molar-refractivity contribution in [3.8, 4) is 11.5 Å². The monoisotopic (exact) mass is 469 g/mol. The minimum absolute atomic E-state index is 0.104. The van der Waals surface area contributed by atoms with Gasteiger partial charge in [-0.15, -0.1) is 0 Å². The normalized spacial score (nSPS) is 11.4. The van der Waals surface area contributed by atoms with Gasteiger partial charge in [-0.05, 0) is 39.7 Å². The quantitative estimate of drug-likeness (QED) is 0.207. The highest BCUT2D eigenvalue weighted by Gasteiger charge is 2.11. The van der Waals surface area contributed by atoms with Crippen LogP contribution < -0.4 is 9.47 Å². The smallest absolute Gasteiger partial charge is 0.177 e. The first-order valence-corrected chi connectivity index (χ1v) is 10.1. The van der Waals surface area contributed by atoms with Gasteiger partial charge in [0.15, 0.2) is 11.5 Å². The first kappa shape index (κ1) is 24.9. The number of halogens is 4. The van der Waals surface area contributed by atoms with Crippen LogP contribution in [0.25, 0.3) is 0 Å². The standard InChI is InChI=1S/C19H23Cl4NO4/c1-19(2,3)28-24-12-13(25)6-4-5-8-27-18-15(20)10-14(11-16(18)21)26-9-7-17(22)23/h7,10-12H,4-6,8-9H2,1-3H3. The third-order valence-electron chi connectivity index (χ3n) is 3.05. The summed E-state index contributed by atoms with van der Waals surface area (Å²) in [6.07, 6.45) is 4.35. The van der Waals surface area contributed by atoms with Gasteiger partial charge in [-0.1, -0.05) is 51.6 Å². The number of ketones is 1. The average Bonchev–Trinajstić information content (AvgIpc) is 2.55. The van der Waals surface area contributed by atoms with Gasteiger partial charge < -0.3 is 14.3 Å². The van der Waals surface area contributed by atoms with Gasteiger partial charge in [0, 0.05) is 18.6 Å². The molecule has 0 atom stereocenters. The predicted molar refractivity (Wildman–Crippen MR) is 115 cm³/mol. The lowest BCUT2D eigenvalue weighted by Gasteiger charge is -2.14. The fraction of sp³-hybridized carbons (Fsp3) is 0.474. The van der Waals surface area contributed by atoms with E-state index >= 15 is 0 Å². The third kappa shape index (κ3) is 11.0. The van der Waals surface area contributed by atoms with E-state index in [1.54, 1.807) is 12.1 Å². The van der Waals surface area contributed by atoms with E-state index in [-0.39, 0.29) is 16.9 Å². The molecule has 0 aromatic heterocycles. The predicted octanol–water partition coefficient (Wildman–Crippen LogP) is 6.61. The molecule has 9 heteroatoms. The van der Waals surface area contributed by atoms with Gasteiger partial charge in [0.25, 0.3) is 0 Å². The van der Waals surface area contributed by atoms with Gasteiger partial charge >= 0.3 is 0 Å². The summed E-state index contributed by atoms with van der Waals surface area (Å²) in [5.74, 6) is 0.733. The summed E-state index contributed by atoms with van der Waals surface area (Å²) < 4.78 is 11.2. The Hall–Kier alpha value is -1.14. The molecule has 0 saturated heterocycles. The molecule has 0 unspecified atom stereocenters. The van der Waals surface area contributed by atoms with E-state index < -0.39 is 5.60 Å². The third-order valence-corrected chi connectivity index (χ3v) is 3.92. The molecule has 0 saturated carbocycles. The number of carbonyl (C=O) groups is 1. The van der Waals surface area contributed by atoms with Crippen LogP contribution in [0, 0.1) is 0 Å². The van der Waals surface area contributed by atoms with Crippen molar-refractivity contribution in [1.82, 2.24) is 0 Å². The van der Waals surface area contributed by atoms with E-state index in [1.807, 2.05) is 20.8 Å². The second-order valence-electron chi connectivity index (χ2n) is 6.73. The van der Waals surface area contributed by atoms with Crippen molar-refractivity contribution in [1.29, 1.82) is 0 Å². The highest BCUT2D eigenvalue weighted by molar-refractivity contribution is 6.55. The second-order valence-corrected chi connectivity index (χ2v) is 8.55. The summed E-state index contributed by atoms with van der Waals surface area (Å²) in [4.78, 5) is 16.8. The van der Waals surface area contributed by atoms with Crippen molar-refractivity contribution in [3.05, 3.63) is 32.7 Å². The summed E-state index contributed by atoms with van der Waals surface area (Å²) in [6.45, 7) is 6.12. The minimum atomic E-state index is -0.419. The molecule has 0 bridgehead atoms. The van der Waals surface area contributed by atoms with Crippen LogP contribution in [0.3, 0.4) is 0 Å². The lowest BCUT2D eigenvalue weighted by molar-refractivity contribution is -0.113. The zero-order chi connectivity index (χ0) is 21.2. The van der Waals surface area contributed by atoms with Gasteiger partial charge in [-0.3, -0.25) is 4.79 Å². The molecule has 156 valence electrons. The molecular weight excluding hydrogens is 448 g/mol. The van der Waals surface area contributed by atoms with E-state index in [1.165, 1.54) is 12.3 Å². The maximum atomic E-state index is 11.7. The SMILES string of the molecule is CC(C)(C)ON=CC(=O)CCCCOc1c(Cl)cc(OCC=C(Cl)Cl)cc1Cl. The highest BCUT2D eigenvalue weighted by atomic mass is 35.5. The van der Waals surface area contributed by atoms with Crippen molar-refractivity contribution in [2.24, 2.45) is 5.16 Å². The van der Waals surface area contributed by atoms with Crippen LogP contribution in [0.1, 0.15) is 40.0 Å². The first-order chi connectivity index (χ1) is 13.1. The summed E-state index contributed by atoms with van der Waals surface area (Å²) in [7, 11) is 0. The molecule has 0 radical (unpaired) electrons. The molecule has 0 aliphatic rings. The molecule has 0 spiro atoms. The zero-order valence-electron chi connectivity index (χ0n) is 15.9. The van der Waals surface area contributed by atoms with Crippen molar-refractivity contribution in [3.63, 3.8) is 0 Å². The van der Waals surface area contributed by atoms with Crippen LogP contribution in [0.2, 0.25) is 10.0 Å². The van der Waals surface area contributed by atoms with E-state index in [0.717, 1.165) is 0 Å². The van der Waals surface area contributed by atoms with Crippen molar-refractivity contribution < 1.29 is 19.1 Å². The van der Waals surface area contributed by atoms with Gasteiger partial charge in [0.05, 0.1) is 16.7 Å². The Labute approximate surface area is 185 Å². The number of nitrogens with zero attached hydrogens (tertiary/aromatic N) is 1. The first-order valence-electron chi connectivity index (χ1n) is 8.58. The van der Waals surface area contributed by atoms with Crippen LogP contribution in [0.5, 0.6) is 11.5 Å². The molecule has 5 nitrogen and oxygen atoms in total. The van der Waals surface area contributed by atoms with E-state index in [4.69, 9.17) is 60.7 Å². The Kier molecular flexibility index (Phi) is 11.1. The largest absolute Gasteiger partial charge is 0.490 e. The number of unbranched alkanes of at least 4 members (excludes halogenated alkanes) is 1. The molecular formula is C19H23Cl4NO4. The molecule has 1 rings (SSSR count). The number of hydrogen-bond acceptors (Lipinski definition) is 5. The molecule has 0 aliphatic heterocycles. The van der Waals surface area contributed by atoms with Crippen LogP contribution in [0.4, 0.5) is 0 Å². The molecule has 1 aromatic carbocycles. The highest BCUT2D eigenvalue weighted by Crippen LogP contribution is 2.37. The van der Waals surface area contributed by atoms with Crippen LogP contribution >= 0.6 is 46.4 Å². The summed E-state index contributed by atoms with van der Waals surface area (Å²) in [6, 6.07) is 3.18. The lowest BCUT2D eigenvalue weighted by atomic mass is 10.2. The number of hydrogen-bond donors (Lipinski definition) is 0. The Bertz CT molecular complexity index is 687. The summed E-state index contributed by atoms with van der Waals surface area (Å²) in [5, 5.41) is 4.33. The number of carbonyl (C=O) groups excluding carboxylic acids is 1.